The molecule has 0 saturated heterocycles. The van der Waals surface area contributed by atoms with Crippen molar-refractivity contribution < 1.29 is 14.6 Å². The first kappa shape index (κ1) is 18.8. The first-order valence-corrected chi connectivity index (χ1v) is 8.40. The quantitative estimate of drug-likeness (QED) is 0.473. The van der Waals surface area contributed by atoms with Gasteiger partial charge in [-0.3, -0.25) is 4.90 Å². The molecule has 126 valence electrons. The number of nitrogens with zero attached hydrogens (tertiary/aromatic N) is 1. The molecule has 1 saturated carbocycles. The zero-order valence-corrected chi connectivity index (χ0v) is 14.1. The lowest BCUT2D eigenvalue weighted by Gasteiger charge is -2.32. The molecule has 0 aliphatic heterocycles. The number of ether oxygens (including phenoxy) is 2. The minimum atomic E-state index is -0.170. The molecule has 0 aromatic carbocycles. The maximum atomic E-state index is 9.67. The molecule has 5 heteroatoms. The van der Waals surface area contributed by atoms with Crippen LogP contribution in [-0.2, 0) is 9.47 Å². The zero-order chi connectivity index (χ0) is 15.6. The average molecular weight is 302 g/mol. The minimum absolute atomic E-state index is 0.170. The molecule has 1 unspecified atom stereocenters. The van der Waals surface area contributed by atoms with Gasteiger partial charge in [0.2, 0.25) is 0 Å². The highest BCUT2D eigenvalue weighted by Gasteiger charge is 2.32. The summed E-state index contributed by atoms with van der Waals surface area (Å²) in [5.41, 5.74) is -0.170. The molecule has 1 aliphatic rings. The van der Waals surface area contributed by atoms with E-state index < -0.39 is 0 Å². The van der Waals surface area contributed by atoms with Crippen LogP contribution in [0.5, 0.6) is 0 Å². The number of hydrogen-bond donors (Lipinski definition) is 2. The van der Waals surface area contributed by atoms with Crippen LogP contribution in [0.1, 0.15) is 40.0 Å². The van der Waals surface area contributed by atoms with Gasteiger partial charge < -0.3 is 19.9 Å². The molecular formula is C16H34N2O3. The summed E-state index contributed by atoms with van der Waals surface area (Å²) in [6.07, 6.45) is 3.43. The molecule has 1 rings (SSSR count). The van der Waals surface area contributed by atoms with Crippen LogP contribution in [0.2, 0.25) is 0 Å². The molecule has 1 atom stereocenters. The summed E-state index contributed by atoms with van der Waals surface area (Å²) in [6.45, 7) is 12.2. The van der Waals surface area contributed by atoms with Crippen LogP contribution in [-0.4, -0.2) is 74.3 Å². The summed E-state index contributed by atoms with van der Waals surface area (Å²) < 4.78 is 10.9. The molecule has 0 aromatic rings. The third-order valence-corrected chi connectivity index (χ3v) is 3.97. The topological polar surface area (TPSA) is 54.0 Å². The van der Waals surface area contributed by atoms with E-state index in [0.29, 0.717) is 6.04 Å². The van der Waals surface area contributed by atoms with Gasteiger partial charge in [-0.1, -0.05) is 0 Å². The lowest BCUT2D eigenvalue weighted by atomic mass is 9.98. The third-order valence-electron chi connectivity index (χ3n) is 3.97. The molecule has 5 nitrogen and oxygen atoms in total. The number of aliphatic hydroxyl groups is 1. The van der Waals surface area contributed by atoms with Crippen molar-refractivity contribution in [2.75, 3.05) is 52.7 Å². The van der Waals surface area contributed by atoms with Crippen LogP contribution < -0.4 is 5.32 Å². The number of aliphatic hydroxyl groups excluding tert-OH is 1. The van der Waals surface area contributed by atoms with E-state index in [1.165, 1.54) is 12.8 Å². The second-order valence-electron chi connectivity index (χ2n) is 6.12. The van der Waals surface area contributed by atoms with Crippen molar-refractivity contribution in [3.8, 4) is 0 Å². The van der Waals surface area contributed by atoms with Gasteiger partial charge in [0.05, 0.1) is 19.8 Å². The average Bonchev–Trinajstić information content (AvgIpc) is 3.28. The molecule has 1 aliphatic carbocycles. The van der Waals surface area contributed by atoms with Gasteiger partial charge in [-0.2, -0.15) is 0 Å². The van der Waals surface area contributed by atoms with Crippen LogP contribution in [0.25, 0.3) is 0 Å². The summed E-state index contributed by atoms with van der Waals surface area (Å²) in [6, 6.07) is 0.613. The highest BCUT2D eigenvalue weighted by atomic mass is 16.5. The van der Waals surface area contributed by atoms with Crippen molar-refractivity contribution in [3.63, 3.8) is 0 Å². The van der Waals surface area contributed by atoms with Gasteiger partial charge in [0.1, 0.15) is 0 Å². The Bertz CT molecular complexity index is 252. The van der Waals surface area contributed by atoms with Crippen molar-refractivity contribution in [1.29, 1.82) is 0 Å². The Balaban J connectivity index is 2.33. The normalized spacial score (nSPS) is 18.1. The van der Waals surface area contributed by atoms with E-state index in [0.717, 1.165) is 52.5 Å². The SMILES string of the molecule is CCOCCN(CCOCC)CCC(C)(CO)NC1CC1. The van der Waals surface area contributed by atoms with Gasteiger partial charge >= 0.3 is 0 Å². The van der Waals surface area contributed by atoms with Gasteiger partial charge in [0.15, 0.2) is 0 Å². The van der Waals surface area contributed by atoms with Crippen molar-refractivity contribution in [3.05, 3.63) is 0 Å². The van der Waals surface area contributed by atoms with Gasteiger partial charge in [-0.05, 0) is 40.0 Å². The molecule has 2 N–H and O–H groups in total. The van der Waals surface area contributed by atoms with Gasteiger partial charge in [0, 0.05) is 44.4 Å². The number of nitrogens with one attached hydrogen (secondary N) is 1. The van der Waals surface area contributed by atoms with E-state index in [4.69, 9.17) is 9.47 Å². The summed E-state index contributed by atoms with van der Waals surface area (Å²) in [5, 5.41) is 13.2. The summed E-state index contributed by atoms with van der Waals surface area (Å²) in [5.74, 6) is 0. The van der Waals surface area contributed by atoms with Crippen LogP contribution in [0.3, 0.4) is 0 Å². The molecule has 0 radical (unpaired) electrons. The van der Waals surface area contributed by atoms with Crippen molar-refractivity contribution in [2.45, 2.75) is 51.6 Å². The molecule has 0 aromatic heterocycles. The fraction of sp³-hybridized carbons (Fsp3) is 1.00. The maximum absolute atomic E-state index is 9.67. The summed E-state index contributed by atoms with van der Waals surface area (Å²) >= 11 is 0. The van der Waals surface area contributed by atoms with Crippen molar-refractivity contribution in [2.24, 2.45) is 0 Å². The smallest absolute Gasteiger partial charge is 0.0611 e. The zero-order valence-electron chi connectivity index (χ0n) is 14.1. The largest absolute Gasteiger partial charge is 0.394 e. The first-order chi connectivity index (χ1) is 10.1. The van der Waals surface area contributed by atoms with Crippen molar-refractivity contribution in [1.82, 2.24) is 10.2 Å². The molecule has 0 heterocycles. The Kier molecular flexibility index (Phi) is 9.44. The number of hydrogen-bond acceptors (Lipinski definition) is 5. The lowest BCUT2D eigenvalue weighted by molar-refractivity contribution is 0.0734. The molecule has 21 heavy (non-hydrogen) atoms. The Labute approximate surface area is 130 Å². The van der Waals surface area contributed by atoms with Crippen LogP contribution in [0.4, 0.5) is 0 Å². The second kappa shape index (κ2) is 10.5. The van der Waals surface area contributed by atoms with E-state index in [1.54, 1.807) is 0 Å². The fourth-order valence-electron chi connectivity index (χ4n) is 2.33. The van der Waals surface area contributed by atoms with Gasteiger partial charge in [-0.25, -0.2) is 0 Å². The van der Waals surface area contributed by atoms with E-state index in [-0.39, 0.29) is 12.1 Å². The monoisotopic (exact) mass is 302 g/mol. The molecule has 0 amide bonds. The second-order valence-corrected chi connectivity index (χ2v) is 6.12. The standard InChI is InChI=1S/C16H34N2O3/c1-4-20-12-10-18(11-13-21-5-2)9-8-16(3,14-19)17-15-6-7-15/h15,17,19H,4-14H2,1-3H3. The Hall–Kier alpha value is -0.200. The molecule has 0 bridgehead atoms. The highest BCUT2D eigenvalue weighted by Crippen LogP contribution is 2.24. The van der Waals surface area contributed by atoms with Crippen LogP contribution >= 0.6 is 0 Å². The predicted octanol–water partition coefficient (Wildman–Crippen LogP) is 1.25. The van der Waals surface area contributed by atoms with Crippen LogP contribution in [0.15, 0.2) is 0 Å². The lowest BCUT2D eigenvalue weighted by Crippen LogP contribution is -2.49. The highest BCUT2D eigenvalue weighted by molar-refractivity contribution is 4.92. The van der Waals surface area contributed by atoms with Gasteiger partial charge in [0.25, 0.3) is 0 Å². The van der Waals surface area contributed by atoms with E-state index in [9.17, 15) is 5.11 Å². The minimum Gasteiger partial charge on any atom is -0.394 e. The summed E-state index contributed by atoms with van der Waals surface area (Å²) in [7, 11) is 0. The van der Waals surface area contributed by atoms with E-state index in [2.05, 4.69) is 17.1 Å². The van der Waals surface area contributed by atoms with Crippen LogP contribution in [0, 0.1) is 0 Å². The number of rotatable bonds is 14. The molecule has 1 fully saturated rings. The molecule has 0 spiro atoms. The van der Waals surface area contributed by atoms with Gasteiger partial charge in [-0.15, -0.1) is 0 Å². The van der Waals surface area contributed by atoms with E-state index >= 15 is 0 Å². The Morgan fingerprint density at radius 2 is 1.67 bits per heavy atom. The first-order valence-electron chi connectivity index (χ1n) is 8.40. The fourth-order valence-corrected chi connectivity index (χ4v) is 2.33. The van der Waals surface area contributed by atoms with E-state index in [1.807, 2.05) is 13.8 Å². The van der Waals surface area contributed by atoms with Crippen molar-refractivity contribution >= 4 is 0 Å². The Morgan fingerprint density at radius 3 is 2.10 bits per heavy atom. The summed E-state index contributed by atoms with van der Waals surface area (Å²) in [4.78, 5) is 2.37. The predicted molar refractivity (Wildman–Crippen MR) is 85.7 cm³/mol. The molecular weight excluding hydrogens is 268 g/mol. The third kappa shape index (κ3) is 8.73. The Morgan fingerprint density at radius 1 is 1.10 bits per heavy atom. The maximum Gasteiger partial charge on any atom is 0.0611 e.